The molecule has 9 nitrogen and oxygen atoms in total. The number of carboxylic acids is 1. The molecule has 1 saturated carbocycles. The number of hydrogen-bond acceptors (Lipinski definition) is 6. The van der Waals surface area contributed by atoms with E-state index in [1.165, 1.54) is 0 Å². The van der Waals surface area contributed by atoms with Gasteiger partial charge >= 0.3 is 5.97 Å². The predicted octanol–water partition coefficient (Wildman–Crippen LogP) is 3.44. The molecule has 9 heteroatoms. The Morgan fingerprint density at radius 2 is 1.91 bits per heavy atom. The lowest BCUT2D eigenvalue weighted by Crippen LogP contribution is -2.37. The summed E-state index contributed by atoms with van der Waals surface area (Å²) in [5.74, 6) is -0.362. The van der Waals surface area contributed by atoms with Crippen molar-refractivity contribution < 1.29 is 14.7 Å². The van der Waals surface area contributed by atoms with E-state index in [1.54, 1.807) is 28.6 Å². The highest BCUT2D eigenvalue weighted by Crippen LogP contribution is 2.30. The van der Waals surface area contributed by atoms with E-state index in [1.807, 2.05) is 37.3 Å². The van der Waals surface area contributed by atoms with Crippen LogP contribution in [0.5, 0.6) is 0 Å². The Bertz CT molecular complexity index is 1250. The van der Waals surface area contributed by atoms with Gasteiger partial charge in [0.05, 0.1) is 12.5 Å². The summed E-state index contributed by atoms with van der Waals surface area (Å²) in [5, 5.41) is 11.8. The minimum absolute atomic E-state index is 0.0244. The number of nitrogens with one attached hydrogen (secondary N) is 1. The maximum absolute atomic E-state index is 13.6. The molecule has 0 unspecified atom stereocenters. The average molecular weight is 464 g/mol. The molecule has 0 bridgehead atoms. The third kappa shape index (κ3) is 4.64. The summed E-state index contributed by atoms with van der Waals surface area (Å²) in [6.07, 6.45) is 3.33. The summed E-state index contributed by atoms with van der Waals surface area (Å²) < 4.78 is 1.60. The molecule has 0 aliphatic heterocycles. The molecule has 1 atom stereocenters. The van der Waals surface area contributed by atoms with Crippen molar-refractivity contribution in [2.24, 2.45) is 5.92 Å². The van der Waals surface area contributed by atoms with Crippen molar-refractivity contribution in [3.63, 3.8) is 0 Å². The molecule has 178 valence electrons. The zero-order chi connectivity index (χ0) is 24.2. The number of aromatic nitrogens is 3. The van der Waals surface area contributed by atoms with E-state index in [0.717, 1.165) is 24.8 Å². The summed E-state index contributed by atoms with van der Waals surface area (Å²) in [7, 11) is 1.71. The number of nitrogens with zero attached hydrogens (tertiary/aromatic N) is 4. The van der Waals surface area contributed by atoms with Gasteiger partial charge in [0.1, 0.15) is 11.3 Å². The molecular weight excluding hydrogens is 434 g/mol. The Morgan fingerprint density at radius 3 is 2.53 bits per heavy atom. The minimum Gasteiger partial charge on any atom is -0.481 e. The SMILES string of the molecule is CC[C@@H](c1ccccc1)n1c(=O)c(NCCC(=O)O)nc2ccc(N(C)C(=O)C3CCC3)nc21. The lowest BCUT2D eigenvalue weighted by atomic mass is 9.84. The number of aliphatic carboxylic acids is 1. The smallest absolute Gasteiger partial charge is 0.305 e. The first-order valence-electron chi connectivity index (χ1n) is 11.6. The van der Waals surface area contributed by atoms with Crippen LogP contribution in [0.4, 0.5) is 11.6 Å². The molecule has 0 radical (unpaired) electrons. The molecule has 2 heterocycles. The van der Waals surface area contributed by atoms with Crippen LogP contribution in [0.25, 0.3) is 11.2 Å². The van der Waals surface area contributed by atoms with Crippen molar-refractivity contribution in [2.75, 3.05) is 23.8 Å². The van der Waals surface area contributed by atoms with E-state index >= 15 is 0 Å². The van der Waals surface area contributed by atoms with Gasteiger partial charge in [-0.05, 0) is 37.0 Å². The number of pyridine rings is 1. The van der Waals surface area contributed by atoms with Crippen molar-refractivity contribution >= 4 is 34.7 Å². The van der Waals surface area contributed by atoms with Crippen molar-refractivity contribution in [2.45, 2.75) is 45.1 Å². The summed E-state index contributed by atoms with van der Waals surface area (Å²) in [4.78, 5) is 48.0. The number of carbonyl (C=O) groups is 2. The lowest BCUT2D eigenvalue weighted by molar-refractivity contribution is -0.136. The van der Waals surface area contributed by atoms with Crippen LogP contribution in [0.1, 0.15) is 50.6 Å². The molecule has 34 heavy (non-hydrogen) atoms. The van der Waals surface area contributed by atoms with E-state index in [-0.39, 0.29) is 42.2 Å². The van der Waals surface area contributed by atoms with E-state index in [2.05, 4.69) is 10.3 Å². The molecule has 2 N–H and O–H groups in total. The van der Waals surface area contributed by atoms with Gasteiger partial charge in [0.15, 0.2) is 11.5 Å². The van der Waals surface area contributed by atoms with Crippen LogP contribution in [-0.4, -0.2) is 45.1 Å². The monoisotopic (exact) mass is 463 g/mol. The molecular formula is C25H29N5O4. The third-order valence-electron chi connectivity index (χ3n) is 6.36. The fraction of sp³-hybridized carbons (Fsp3) is 0.400. The predicted molar refractivity (Wildman–Crippen MR) is 130 cm³/mol. The molecule has 0 saturated heterocycles. The number of fused-ring (bicyclic) bond motifs is 1. The van der Waals surface area contributed by atoms with Crippen molar-refractivity contribution in [1.29, 1.82) is 0 Å². The normalized spacial score (nSPS) is 14.4. The van der Waals surface area contributed by atoms with Gasteiger partial charge in [0.2, 0.25) is 5.91 Å². The number of carboxylic acid groups (broad SMARTS) is 1. The summed E-state index contributed by atoms with van der Waals surface area (Å²) in [6.45, 7) is 2.07. The molecule has 1 aromatic carbocycles. The maximum atomic E-state index is 13.6. The summed E-state index contributed by atoms with van der Waals surface area (Å²) in [5.41, 5.74) is 1.43. The van der Waals surface area contributed by atoms with Crippen LogP contribution < -0.4 is 15.8 Å². The van der Waals surface area contributed by atoms with Crippen molar-refractivity contribution in [1.82, 2.24) is 14.5 Å². The minimum atomic E-state index is -0.963. The Kier molecular flexibility index (Phi) is 6.90. The zero-order valence-corrected chi connectivity index (χ0v) is 19.4. The quantitative estimate of drug-likeness (QED) is 0.499. The molecule has 3 aromatic rings. The second-order valence-corrected chi connectivity index (χ2v) is 8.58. The highest BCUT2D eigenvalue weighted by atomic mass is 16.4. The van der Waals surface area contributed by atoms with Gasteiger partial charge in [-0.1, -0.05) is 43.7 Å². The fourth-order valence-electron chi connectivity index (χ4n) is 4.24. The van der Waals surface area contributed by atoms with Crippen molar-refractivity contribution in [3.05, 3.63) is 58.4 Å². The van der Waals surface area contributed by atoms with Crippen LogP contribution in [0.2, 0.25) is 0 Å². The maximum Gasteiger partial charge on any atom is 0.305 e. The van der Waals surface area contributed by atoms with E-state index in [9.17, 15) is 14.4 Å². The molecule has 1 aliphatic rings. The molecule has 0 spiro atoms. The number of benzene rings is 1. The van der Waals surface area contributed by atoms with Gasteiger partial charge in [-0.2, -0.15) is 0 Å². The fourth-order valence-corrected chi connectivity index (χ4v) is 4.24. The van der Waals surface area contributed by atoms with Gasteiger partial charge in [-0.25, -0.2) is 9.97 Å². The average Bonchev–Trinajstić information content (AvgIpc) is 2.80. The second kappa shape index (κ2) is 10.0. The number of anilines is 2. The van der Waals surface area contributed by atoms with Gasteiger partial charge in [-0.15, -0.1) is 0 Å². The zero-order valence-electron chi connectivity index (χ0n) is 19.4. The van der Waals surface area contributed by atoms with Crippen LogP contribution in [0, 0.1) is 5.92 Å². The first-order chi connectivity index (χ1) is 16.4. The van der Waals surface area contributed by atoms with E-state index < -0.39 is 5.97 Å². The van der Waals surface area contributed by atoms with E-state index in [0.29, 0.717) is 23.4 Å². The van der Waals surface area contributed by atoms with Gasteiger partial charge in [0, 0.05) is 19.5 Å². The molecule has 1 amide bonds. The summed E-state index contributed by atoms with van der Waals surface area (Å²) >= 11 is 0. The Labute approximate surface area is 197 Å². The lowest BCUT2D eigenvalue weighted by Gasteiger charge is -2.29. The highest BCUT2D eigenvalue weighted by molar-refractivity contribution is 5.95. The van der Waals surface area contributed by atoms with Crippen molar-refractivity contribution in [3.8, 4) is 0 Å². The number of amides is 1. The van der Waals surface area contributed by atoms with Crippen LogP contribution >= 0.6 is 0 Å². The highest BCUT2D eigenvalue weighted by Gasteiger charge is 2.29. The number of hydrogen-bond donors (Lipinski definition) is 2. The van der Waals surface area contributed by atoms with Gasteiger partial charge in [-0.3, -0.25) is 23.9 Å². The first kappa shape index (κ1) is 23.4. The topological polar surface area (TPSA) is 117 Å². The molecule has 1 aliphatic carbocycles. The number of carbonyl (C=O) groups excluding carboxylic acids is 1. The number of rotatable bonds is 9. The Morgan fingerprint density at radius 1 is 1.18 bits per heavy atom. The Hall–Kier alpha value is -3.75. The van der Waals surface area contributed by atoms with Gasteiger partial charge in [0.25, 0.3) is 5.56 Å². The molecule has 1 fully saturated rings. The van der Waals surface area contributed by atoms with Crippen LogP contribution in [0.15, 0.2) is 47.3 Å². The van der Waals surface area contributed by atoms with Crippen LogP contribution in [0.3, 0.4) is 0 Å². The van der Waals surface area contributed by atoms with Gasteiger partial charge < -0.3 is 10.4 Å². The molecule has 4 rings (SSSR count). The van der Waals surface area contributed by atoms with Crippen LogP contribution in [-0.2, 0) is 9.59 Å². The molecule has 2 aromatic heterocycles. The first-order valence-corrected chi connectivity index (χ1v) is 11.6. The third-order valence-corrected chi connectivity index (χ3v) is 6.36. The Balaban J connectivity index is 1.84. The second-order valence-electron chi connectivity index (χ2n) is 8.58. The largest absolute Gasteiger partial charge is 0.481 e. The standard InChI is InChI=1S/C25H29N5O4/c1-3-19(16-8-5-4-6-9-16)30-23-18(27-22(25(30)34)26-15-14-21(31)32)12-13-20(28-23)29(2)24(33)17-10-7-11-17/h4-6,8-9,12-13,17,19H,3,7,10-11,14-15H2,1-2H3,(H,26,27)(H,31,32)/t19-/m0/s1. The van der Waals surface area contributed by atoms with E-state index in [4.69, 9.17) is 10.1 Å². The summed E-state index contributed by atoms with van der Waals surface area (Å²) in [6, 6.07) is 12.8.